The van der Waals surface area contributed by atoms with Crippen molar-refractivity contribution in [2.45, 2.75) is 26.2 Å². The lowest BCUT2D eigenvalue weighted by molar-refractivity contribution is 0.0349. The van der Waals surface area contributed by atoms with Gasteiger partial charge < -0.3 is 14.7 Å². The largest absolute Gasteiger partial charge is 0.478 e. The number of pyridine rings is 1. The van der Waals surface area contributed by atoms with Gasteiger partial charge in [-0.1, -0.05) is 11.6 Å². The van der Waals surface area contributed by atoms with Crippen LogP contribution in [-0.2, 0) is 4.74 Å². The van der Waals surface area contributed by atoms with Crippen LogP contribution in [-0.4, -0.2) is 66.9 Å². The number of benzene rings is 1. The number of carboxylic acid groups (broad SMARTS) is 1. The van der Waals surface area contributed by atoms with Gasteiger partial charge in [-0.25, -0.2) is 4.79 Å². The number of aromatic nitrogens is 1. The van der Waals surface area contributed by atoms with Crippen LogP contribution in [0, 0.1) is 12.8 Å². The Morgan fingerprint density at radius 2 is 1.96 bits per heavy atom. The molecule has 2 aliphatic heterocycles. The highest BCUT2D eigenvalue weighted by atomic mass is 16.5. The number of hydrogen-bond donors (Lipinski definition) is 1. The summed E-state index contributed by atoms with van der Waals surface area (Å²) in [6, 6.07) is 6.07. The molecule has 3 heterocycles. The van der Waals surface area contributed by atoms with Crippen molar-refractivity contribution in [3.05, 3.63) is 35.5 Å². The van der Waals surface area contributed by atoms with Crippen molar-refractivity contribution >= 4 is 22.6 Å². The van der Waals surface area contributed by atoms with Crippen LogP contribution in [0.25, 0.3) is 10.9 Å². The number of ether oxygens (including phenoxy) is 1. The van der Waals surface area contributed by atoms with E-state index in [2.05, 4.69) is 20.9 Å². The van der Waals surface area contributed by atoms with E-state index in [9.17, 15) is 9.90 Å². The molecule has 0 bridgehead atoms. The number of aryl methyl sites for hydroxylation is 1. The fraction of sp³-hybridized carbons (Fsp3) is 0.545. The molecule has 0 radical (unpaired) electrons. The monoisotopic (exact) mass is 383 g/mol. The first-order chi connectivity index (χ1) is 13.6. The summed E-state index contributed by atoms with van der Waals surface area (Å²) in [7, 11) is 0. The average Bonchev–Trinajstić information content (AvgIpc) is 2.72. The van der Waals surface area contributed by atoms with Gasteiger partial charge in [0.05, 0.1) is 24.4 Å². The van der Waals surface area contributed by atoms with Crippen molar-refractivity contribution in [2.75, 3.05) is 50.8 Å². The number of aromatic carboxylic acids is 1. The third-order valence-corrected chi connectivity index (χ3v) is 6.11. The van der Waals surface area contributed by atoms with Crippen molar-refractivity contribution in [3.63, 3.8) is 0 Å². The summed E-state index contributed by atoms with van der Waals surface area (Å²) < 4.78 is 5.43. The Balaban J connectivity index is 1.47. The highest BCUT2D eigenvalue weighted by molar-refractivity contribution is 6.04. The van der Waals surface area contributed by atoms with Gasteiger partial charge in [0.25, 0.3) is 0 Å². The first-order valence-electron chi connectivity index (χ1n) is 10.3. The van der Waals surface area contributed by atoms with Crippen molar-refractivity contribution < 1.29 is 14.6 Å². The molecular formula is C22H29N3O3. The molecule has 6 nitrogen and oxygen atoms in total. The van der Waals surface area contributed by atoms with Gasteiger partial charge in [-0.2, -0.15) is 0 Å². The zero-order valence-electron chi connectivity index (χ0n) is 16.6. The van der Waals surface area contributed by atoms with E-state index in [4.69, 9.17) is 4.74 Å². The number of rotatable bonds is 5. The Hall–Kier alpha value is -2.18. The first-order valence-corrected chi connectivity index (χ1v) is 10.3. The number of carboxylic acids is 1. The van der Waals surface area contributed by atoms with Gasteiger partial charge in [0, 0.05) is 37.8 Å². The van der Waals surface area contributed by atoms with Gasteiger partial charge >= 0.3 is 5.97 Å². The summed E-state index contributed by atoms with van der Waals surface area (Å²) in [4.78, 5) is 21.0. The molecule has 0 amide bonds. The molecule has 0 spiro atoms. The molecule has 2 aromatic rings. The first kappa shape index (κ1) is 19.2. The minimum atomic E-state index is -0.902. The third-order valence-electron chi connectivity index (χ3n) is 6.11. The summed E-state index contributed by atoms with van der Waals surface area (Å²) in [5.74, 6) is -0.192. The van der Waals surface area contributed by atoms with Gasteiger partial charge in [0.2, 0.25) is 0 Å². The minimum Gasteiger partial charge on any atom is -0.478 e. The SMILES string of the molecule is Cc1ccc2ncc(C(=O)O)c(N3CCC(CCN4CCOCC4)CC3)c2c1. The number of fused-ring (bicyclic) bond motifs is 1. The molecule has 0 unspecified atom stereocenters. The maximum absolute atomic E-state index is 11.9. The Morgan fingerprint density at radius 3 is 2.68 bits per heavy atom. The van der Waals surface area contributed by atoms with Crippen LogP contribution < -0.4 is 4.90 Å². The smallest absolute Gasteiger partial charge is 0.339 e. The van der Waals surface area contributed by atoms with Gasteiger partial charge in [-0.3, -0.25) is 9.88 Å². The number of nitrogens with zero attached hydrogens (tertiary/aromatic N) is 3. The number of anilines is 1. The summed E-state index contributed by atoms with van der Waals surface area (Å²) >= 11 is 0. The van der Waals surface area contributed by atoms with Crippen LogP contribution in [0.4, 0.5) is 5.69 Å². The quantitative estimate of drug-likeness (QED) is 0.855. The molecule has 4 rings (SSSR count). The summed E-state index contributed by atoms with van der Waals surface area (Å²) in [6.07, 6.45) is 4.95. The van der Waals surface area contributed by atoms with E-state index in [1.54, 1.807) is 0 Å². The van der Waals surface area contributed by atoms with Gasteiger partial charge in [0.1, 0.15) is 5.56 Å². The predicted octanol–water partition coefficient (Wildman–Crippen LogP) is 3.18. The predicted molar refractivity (Wildman–Crippen MR) is 110 cm³/mol. The van der Waals surface area contributed by atoms with E-state index in [-0.39, 0.29) is 0 Å². The highest BCUT2D eigenvalue weighted by Crippen LogP contribution is 2.34. The topological polar surface area (TPSA) is 65.9 Å². The van der Waals surface area contributed by atoms with Crippen LogP contribution in [0.1, 0.15) is 35.2 Å². The number of morpholine rings is 1. The lowest BCUT2D eigenvalue weighted by atomic mass is 9.92. The Kier molecular flexibility index (Phi) is 5.78. The molecule has 2 aliphatic rings. The molecule has 2 saturated heterocycles. The molecule has 0 saturated carbocycles. The van der Waals surface area contributed by atoms with Crippen molar-refractivity contribution in [1.29, 1.82) is 0 Å². The molecule has 6 heteroatoms. The zero-order valence-corrected chi connectivity index (χ0v) is 16.6. The van der Waals surface area contributed by atoms with Crippen LogP contribution in [0.5, 0.6) is 0 Å². The molecule has 2 fully saturated rings. The van der Waals surface area contributed by atoms with Crippen molar-refractivity contribution in [2.24, 2.45) is 5.92 Å². The summed E-state index contributed by atoms with van der Waals surface area (Å²) in [6.45, 7) is 8.78. The maximum atomic E-state index is 11.9. The molecule has 1 aromatic heterocycles. The average molecular weight is 383 g/mol. The lowest BCUT2D eigenvalue weighted by Gasteiger charge is -2.36. The Labute approximate surface area is 166 Å². The highest BCUT2D eigenvalue weighted by Gasteiger charge is 2.25. The fourth-order valence-corrected chi connectivity index (χ4v) is 4.42. The summed E-state index contributed by atoms with van der Waals surface area (Å²) in [5.41, 5.74) is 3.14. The Morgan fingerprint density at radius 1 is 1.21 bits per heavy atom. The Bertz CT molecular complexity index is 840. The van der Waals surface area contributed by atoms with E-state index in [0.717, 1.165) is 80.9 Å². The van der Waals surface area contributed by atoms with E-state index in [1.807, 2.05) is 19.1 Å². The normalized spacial score (nSPS) is 19.2. The van der Waals surface area contributed by atoms with E-state index >= 15 is 0 Å². The second-order valence-electron chi connectivity index (χ2n) is 8.02. The van der Waals surface area contributed by atoms with Crippen LogP contribution >= 0.6 is 0 Å². The molecule has 0 atom stereocenters. The molecule has 1 N–H and O–H groups in total. The van der Waals surface area contributed by atoms with Crippen molar-refractivity contribution in [1.82, 2.24) is 9.88 Å². The fourth-order valence-electron chi connectivity index (χ4n) is 4.42. The van der Waals surface area contributed by atoms with Gasteiger partial charge in [0.15, 0.2) is 0 Å². The standard InChI is InChI=1S/C22H29N3O3/c1-16-2-3-20-18(14-16)21(19(15-23-20)22(26)27)25-8-5-17(6-9-25)4-7-24-10-12-28-13-11-24/h2-3,14-15,17H,4-13H2,1H3,(H,26,27). The number of carbonyl (C=O) groups is 1. The van der Waals surface area contributed by atoms with Crippen LogP contribution in [0.2, 0.25) is 0 Å². The van der Waals surface area contributed by atoms with Crippen LogP contribution in [0.3, 0.4) is 0 Å². The molecule has 150 valence electrons. The maximum Gasteiger partial charge on any atom is 0.339 e. The van der Waals surface area contributed by atoms with E-state index in [0.29, 0.717) is 11.5 Å². The van der Waals surface area contributed by atoms with E-state index < -0.39 is 5.97 Å². The lowest BCUT2D eigenvalue weighted by Crippen LogP contribution is -2.39. The van der Waals surface area contributed by atoms with E-state index in [1.165, 1.54) is 12.6 Å². The summed E-state index contributed by atoms with van der Waals surface area (Å²) in [5, 5.41) is 10.7. The second kappa shape index (κ2) is 8.45. The van der Waals surface area contributed by atoms with Crippen LogP contribution in [0.15, 0.2) is 24.4 Å². The number of hydrogen-bond acceptors (Lipinski definition) is 5. The molecule has 1 aromatic carbocycles. The molecule has 0 aliphatic carbocycles. The third kappa shape index (κ3) is 4.13. The van der Waals surface area contributed by atoms with Crippen molar-refractivity contribution in [3.8, 4) is 0 Å². The van der Waals surface area contributed by atoms with Gasteiger partial charge in [-0.05, 0) is 50.8 Å². The molecule has 28 heavy (non-hydrogen) atoms. The second-order valence-corrected chi connectivity index (χ2v) is 8.02. The number of piperidine rings is 1. The molecular weight excluding hydrogens is 354 g/mol. The van der Waals surface area contributed by atoms with Gasteiger partial charge in [-0.15, -0.1) is 0 Å². The minimum absolute atomic E-state index is 0.310. The zero-order chi connectivity index (χ0) is 19.5.